The minimum Gasteiger partial charge on any atom is -0.744 e. The minimum absolute atomic E-state index is 0.0186. The highest BCUT2D eigenvalue weighted by molar-refractivity contribution is 7.86. The Labute approximate surface area is 142 Å². The highest BCUT2D eigenvalue weighted by Crippen LogP contribution is 2.31. The van der Waals surface area contributed by atoms with Crippen LogP contribution >= 0.6 is 0 Å². The summed E-state index contributed by atoms with van der Waals surface area (Å²) in [7, 11) is -9.59. The summed E-state index contributed by atoms with van der Waals surface area (Å²) in [6.07, 6.45) is 4.06. The monoisotopic (exact) mass is 370 g/mol. The molecule has 132 valence electrons. The van der Waals surface area contributed by atoms with E-state index < -0.39 is 30.0 Å². The Morgan fingerprint density at radius 3 is 2.12 bits per heavy atom. The van der Waals surface area contributed by atoms with Crippen LogP contribution in [-0.2, 0) is 26.7 Å². The summed E-state index contributed by atoms with van der Waals surface area (Å²) < 4.78 is 69.3. The van der Waals surface area contributed by atoms with Gasteiger partial charge in [-0.2, -0.15) is 0 Å². The Morgan fingerprint density at radius 1 is 0.833 bits per heavy atom. The van der Waals surface area contributed by atoms with Crippen molar-refractivity contribution in [3.8, 4) is 0 Å². The minimum atomic E-state index is -4.81. The normalized spacial score (nSPS) is 12.6. The van der Waals surface area contributed by atoms with E-state index in [4.69, 9.17) is 0 Å². The van der Waals surface area contributed by atoms with E-state index in [1.165, 1.54) is 24.3 Å². The van der Waals surface area contributed by atoms with Crippen LogP contribution in [0.25, 0.3) is 10.8 Å². The molecule has 0 saturated carbocycles. The van der Waals surface area contributed by atoms with Gasteiger partial charge in [-0.25, -0.2) is 16.8 Å². The highest BCUT2D eigenvalue weighted by Gasteiger charge is 2.17. The van der Waals surface area contributed by atoms with E-state index in [2.05, 4.69) is 6.92 Å². The molecule has 0 unspecified atom stereocenters. The number of hydrogen-bond donors (Lipinski definition) is 0. The molecule has 24 heavy (non-hydrogen) atoms. The van der Waals surface area contributed by atoms with Crippen molar-refractivity contribution in [2.75, 3.05) is 0 Å². The zero-order valence-corrected chi connectivity index (χ0v) is 14.8. The van der Waals surface area contributed by atoms with Gasteiger partial charge in [-0.15, -0.1) is 0 Å². The third-order valence-corrected chi connectivity index (χ3v) is 5.75. The van der Waals surface area contributed by atoms with Crippen molar-refractivity contribution in [1.29, 1.82) is 0 Å². The lowest BCUT2D eigenvalue weighted by Gasteiger charge is -2.18. The quantitative estimate of drug-likeness (QED) is 0.547. The Morgan fingerprint density at radius 2 is 1.54 bits per heavy atom. The molecular formula is C16H18O6S2-2. The van der Waals surface area contributed by atoms with E-state index in [0.29, 0.717) is 12.0 Å². The van der Waals surface area contributed by atoms with Crippen LogP contribution in [0.5, 0.6) is 0 Å². The topological polar surface area (TPSA) is 114 Å². The second kappa shape index (κ2) is 7.18. The molecule has 0 aromatic heterocycles. The number of unbranched alkanes of at least 4 members (excludes halogenated alkanes) is 3. The predicted octanol–water partition coefficient (Wildman–Crippen LogP) is 2.77. The Kier molecular flexibility index (Phi) is 5.64. The summed E-state index contributed by atoms with van der Waals surface area (Å²) in [6, 6.07) is 6.54. The van der Waals surface area contributed by atoms with Crippen LogP contribution in [0.3, 0.4) is 0 Å². The van der Waals surface area contributed by atoms with Crippen LogP contribution in [0.2, 0.25) is 0 Å². The van der Waals surface area contributed by atoms with Crippen molar-refractivity contribution in [1.82, 2.24) is 0 Å². The molecule has 0 amide bonds. The first-order valence-corrected chi connectivity index (χ1v) is 10.4. The molecule has 2 aromatic carbocycles. The third-order valence-electron chi connectivity index (χ3n) is 3.87. The largest absolute Gasteiger partial charge is 0.744 e. The molecule has 0 heterocycles. The fraction of sp³-hybridized carbons (Fsp3) is 0.375. The molecule has 2 aromatic rings. The molecular weight excluding hydrogens is 352 g/mol. The van der Waals surface area contributed by atoms with Gasteiger partial charge in [0.2, 0.25) is 0 Å². The first-order chi connectivity index (χ1) is 11.2. The first-order valence-electron chi connectivity index (χ1n) is 7.62. The van der Waals surface area contributed by atoms with E-state index in [1.807, 2.05) is 0 Å². The van der Waals surface area contributed by atoms with Gasteiger partial charge in [0, 0.05) is 10.8 Å². The maximum atomic E-state index is 11.7. The molecule has 0 aliphatic carbocycles. The molecule has 2 rings (SSSR count). The lowest BCUT2D eigenvalue weighted by atomic mass is 10.0. The first kappa shape index (κ1) is 18.9. The van der Waals surface area contributed by atoms with Gasteiger partial charge in [-0.3, -0.25) is 0 Å². The molecule has 8 heteroatoms. The lowest BCUT2D eigenvalue weighted by molar-refractivity contribution is 0.460. The molecule has 0 spiro atoms. The van der Waals surface area contributed by atoms with Gasteiger partial charge in [-0.05, 0) is 24.5 Å². The second-order valence-corrected chi connectivity index (χ2v) is 8.29. The SMILES string of the molecule is CCCCCCc1ccc2c(S(=O)(=O)[O-])cccc2c1S(=O)(=O)[O-]. The number of hydrogen-bond acceptors (Lipinski definition) is 6. The predicted molar refractivity (Wildman–Crippen MR) is 87.7 cm³/mol. The molecule has 0 aliphatic rings. The summed E-state index contributed by atoms with van der Waals surface area (Å²) in [5.41, 5.74) is 0.356. The van der Waals surface area contributed by atoms with Gasteiger partial charge >= 0.3 is 0 Å². The average Bonchev–Trinajstić information content (AvgIpc) is 2.48. The maximum absolute atomic E-state index is 11.7. The molecule has 0 bridgehead atoms. The molecule has 0 radical (unpaired) electrons. The lowest BCUT2D eigenvalue weighted by Crippen LogP contribution is -2.07. The number of rotatable bonds is 7. The summed E-state index contributed by atoms with van der Waals surface area (Å²) in [4.78, 5) is -0.954. The van der Waals surface area contributed by atoms with Crippen molar-refractivity contribution in [2.45, 2.75) is 48.8 Å². The van der Waals surface area contributed by atoms with Crippen LogP contribution in [0.15, 0.2) is 40.1 Å². The van der Waals surface area contributed by atoms with Gasteiger partial charge < -0.3 is 9.11 Å². The van der Waals surface area contributed by atoms with Crippen molar-refractivity contribution in [3.05, 3.63) is 35.9 Å². The molecule has 0 aliphatic heterocycles. The van der Waals surface area contributed by atoms with Crippen molar-refractivity contribution in [2.24, 2.45) is 0 Å². The second-order valence-electron chi connectivity index (χ2n) is 5.62. The van der Waals surface area contributed by atoms with Crippen LogP contribution in [0, 0.1) is 0 Å². The third kappa shape index (κ3) is 4.13. The van der Waals surface area contributed by atoms with Crippen LogP contribution in [0.4, 0.5) is 0 Å². The summed E-state index contributed by atoms with van der Waals surface area (Å²) in [5.74, 6) is 0. The van der Waals surface area contributed by atoms with E-state index in [9.17, 15) is 25.9 Å². The number of aryl methyl sites for hydroxylation is 1. The summed E-state index contributed by atoms with van der Waals surface area (Å²) in [6.45, 7) is 2.05. The van der Waals surface area contributed by atoms with Crippen molar-refractivity contribution >= 4 is 31.0 Å². The van der Waals surface area contributed by atoms with Crippen LogP contribution < -0.4 is 0 Å². The standard InChI is InChI=1S/C16H20O6S2/c1-2-3-4-5-7-12-10-11-13-14(16(12)24(20,21)22)8-6-9-15(13)23(17,18)19/h6,8-11H,2-5,7H2,1H3,(H,17,18,19)(H,20,21,22)/p-2. The van der Waals surface area contributed by atoms with E-state index >= 15 is 0 Å². The fourth-order valence-corrected chi connectivity index (χ4v) is 4.43. The molecule has 0 N–H and O–H groups in total. The number of benzene rings is 2. The zero-order valence-electron chi connectivity index (χ0n) is 13.2. The van der Waals surface area contributed by atoms with E-state index in [1.54, 1.807) is 0 Å². The van der Waals surface area contributed by atoms with Gasteiger partial charge in [0.05, 0.1) is 9.79 Å². The smallest absolute Gasteiger partial charge is 0.125 e. The van der Waals surface area contributed by atoms with Crippen molar-refractivity contribution in [3.63, 3.8) is 0 Å². The Hall–Kier alpha value is -1.48. The fourth-order valence-electron chi connectivity index (χ4n) is 2.80. The highest BCUT2D eigenvalue weighted by atomic mass is 32.2. The van der Waals surface area contributed by atoms with E-state index in [-0.39, 0.29) is 10.8 Å². The zero-order chi connectivity index (χ0) is 18.0. The van der Waals surface area contributed by atoms with Crippen LogP contribution in [-0.4, -0.2) is 25.9 Å². The van der Waals surface area contributed by atoms with Crippen molar-refractivity contribution < 1.29 is 25.9 Å². The van der Waals surface area contributed by atoms with Gasteiger partial charge in [0.15, 0.2) is 0 Å². The van der Waals surface area contributed by atoms with Gasteiger partial charge in [0.1, 0.15) is 20.2 Å². The van der Waals surface area contributed by atoms with Gasteiger partial charge in [0.25, 0.3) is 0 Å². The molecule has 0 saturated heterocycles. The molecule has 0 atom stereocenters. The van der Waals surface area contributed by atoms with E-state index in [0.717, 1.165) is 31.7 Å². The average molecular weight is 370 g/mol. The number of fused-ring (bicyclic) bond motifs is 1. The maximum Gasteiger partial charge on any atom is 0.125 e. The summed E-state index contributed by atoms with van der Waals surface area (Å²) >= 11 is 0. The Balaban J connectivity index is 2.66. The molecule has 0 fully saturated rings. The summed E-state index contributed by atoms with van der Waals surface area (Å²) in [5, 5.41) is -0.0610. The van der Waals surface area contributed by atoms with Crippen LogP contribution in [0.1, 0.15) is 38.2 Å². The Bertz CT molecular complexity index is 946. The van der Waals surface area contributed by atoms with Gasteiger partial charge in [-0.1, -0.05) is 50.5 Å². The molecule has 6 nitrogen and oxygen atoms in total.